The molecule has 3 atom stereocenters. The zero-order valence-electron chi connectivity index (χ0n) is 51.5. The first-order valence-corrected chi connectivity index (χ1v) is 34.3. The summed E-state index contributed by atoms with van der Waals surface area (Å²) in [6.07, 6.45) is 71.3. The predicted molar refractivity (Wildman–Crippen MR) is 335 cm³/mol. The van der Waals surface area contributed by atoms with Gasteiger partial charge in [-0.2, -0.15) is 0 Å². The Morgan fingerprint density at radius 3 is 1.04 bits per heavy atom. The third-order valence-electron chi connectivity index (χ3n) is 14.1. The lowest BCUT2D eigenvalue weighted by Crippen LogP contribution is -2.30. The summed E-state index contributed by atoms with van der Waals surface area (Å²) in [5.41, 5.74) is 0. The standard InChI is InChI=1S/C68H121O11P/c1-4-7-10-13-16-19-22-25-28-31-32-35-38-41-44-47-50-53-56-59-68(72)79-65(61-75-66(70)57-54-51-48-45-42-39-36-33-29-26-23-20-17-14-11-8-5-2)63-77-80(73,74)76-62-64(60-69)78-67(71)58-55-52-49-46-43-40-37-34-30-27-24-21-18-15-12-9-6-3/h9,12,16,18-19,21,25-30,64-65,69H,4-8,10-11,13-15,17,20,22-24,31-63H2,1-3H3,(H,73,74)/b12-9-,19-16-,21-18-,28-25-,29-26-,30-27-. The number of phosphoric ester groups is 1. The maximum Gasteiger partial charge on any atom is 0.472 e. The average Bonchev–Trinajstić information content (AvgIpc) is 3.45. The van der Waals surface area contributed by atoms with Crippen molar-refractivity contribution in [1.82, 2.24) is 0 Å². The highest BCUT2D eigenvalue weighted by atomic mass is 31.2. The number of rotatable bonds is 61. The van der Waals surface area contributed by atoms with Crippen LogP contribution in [0.4, 0.5) is 0 Å². The van der Waals surface area contributed by atoms with Crippen molar-refractivity contribution in [3.05, 3.63) is 72.9 Å². The van der Waals surface area contributed by atoms with Crippen LogP contribution in [0.25, 0.3) is 0 Å². The van der Waals surface area contributed by atoms with Crippen molar-refractivity contribution >= 4 is 25.7 Å². The van der Waals surface area contributed by atoms with E-state index in [9.17, 15) is 28.9 Å². The molecule has 0 aromatic rings. The van der Waals surface area contributed by atoms with Crippen LogP contribution in [0.1, 0.15) is 303 Å². The van der Waals surface area contributed by atoms with Gasteiger partial charge in [0.1, 0.15) is 12.7 Å². The van der Waals surface area contributed by atoms with E-state index in [1.807, 2.05) is 0 Å². The number of aliphatic hydroxyl groups excluding tert-OH is 1. The normalized spacial score (nSPS) is 13.7. The van der Waals surface area contributed by atoms with Crippen LogP contribution in [0.2, 0.25) is 0 Å². The number of esters is 3. The molecule has 2 N–H and O–H groups in total. The zero-order valence-corrected chi connectivity index (χ0v) is 52.4. The maximum absolute atomic E-state index is 13.0. The Bertz CT molecular complexity index is 1620. The maximum atomic E-state index is 13.0. The van der Waals surface area contributed by atoms with Gasteiger partial charge in [-0.15, -0.1) is 0 Å². The average molecular weight is 1150 g/mol. The molecule has 0 radical (unpaired) electrons. The molecule has 0 aromatic carbocycles. The monoisotopic (exact) mass is 1140 g/mol. The second kappa shape index (κ2) is 62.0. The number of hydrogen-bond donors (Lipinski definition) is 2. The van der Waals surface area contributed by atoms with Crippen LogP contribution in [-0.2, 0) is 42.2 Å². The molecule has 0 spiro atoms. The van der Waals surface area contributed by atoms with E-state index in [-0.39, 0.29) is 25.9 Å². The van der Waals surface area contributed by atoms with Crippen LogP contribution >= 0.6 is 7.82 Å². The van der Waals surface area contributed by atoms with E-state index in [4.69, 9.17) is 23.3 Å². The minimum absolute atomic E-state index is 0.161. The van der Waals surface area contributed by atoms with E-state index >= 15 is 0 Å². The van der Waals surface area contributed by atoms with Crippen molar-refractivity contribution in [1.29, 1.82) is 0 Å². The van der Waals surface area contributed by atoms with E-state index in [0.29, 0.717) is 19.3 Å². The number of carbonyl (C=O) groups excluding carboxylic acids is 3. The molecule has 3 unspecified atom stereocenters. The van der Waals surface area contributed by atoms with Crippen molar-refractivity contribution in [2.75, 3.05) is 26.4 Å². The second-order valence-electron chi connectivity index (χ2n) is 21.9. The van der Waals surface area contributed by atoms with Crippen LogP contribution in [0.5, 0.6) is 0 Å². The SMILES string of the molecule is CC/C=C\C/C=C\C/C=C\CCCCCCCCCC(=O)OC(CO)COP(=O)(O)OCC(COC(=O)CCCCCCCCC/C=C\CCCCCCCC)OC(=O)CCCCCCCCCCC/C=C\C/C=C\CCCCC. The molecule has 0 saturated carbocycles. The Morgan fingerprint density at radius 1 is 0.362 bits per heavy atom. The highest BCUT2D eigenvalue weighted by molar-refractivity contribution is 7.47. The summed E-state index contributed by atoms with van der Waals surface area (Å²) in [5, 5.41) is 9.86. The minimum atomic E-state index is -4.76. The van der Waals surface area contributed by atoms with Gasteiger partial charge < -0.3 is 24.2 Å². The molecule has 0 fully saturated rings. The Balaban J connectivity index is 4.70. The fourth-order valence-electron chi connectivity index (χ4n) is 9.10. The van der Waals surface area contributed by atoms with Crippen LogP contribution in [0, 0.1) is 0 Å². The summed E-state index contributed by atoms with van der Waals surface area (Å²) < 4.78 is 39.7. The van der Waals surface area contributed by atoms with Gasteiger partial charge in [-0.1, -0.05) is 248 Å². The fraction of sp³-hybridized carbons (Fsp3) is 0.779. The number of allylic oxidation sites excluding steroid dienone is 12. The number of phosphoric acid groups is 1. The Kier molecular flexibility index (Phi) is 59.6. The summed E-state index contributed by atoms with van der Waals surface area (Å²) >= 11 is 0. The van der Waals surface area contributed by atoms with Gasteiger partial charge in [0.05, 0.1) is 19.8 Å². The summed E-state index contributed by atoms with van der Waals surface area (Å²) in [7, 11) is -4.76. The second-order valence-corrected chi connectivity index (χ2v) is 23.3. The first kappa shape index (κ1) is 76.9. The van der Waals surface area contributed by atoms with Crippen molar-refractivity contribution in [2.24, 2.45) is 0 Å². The highest BCUT2D eigenvalue weighted by Crippen LogP contribution is 2.43. The molecule has 0 rings (SSSR count). The first-order valence-electron chi connectivity index (χ1n) is 32.8. The lowest BCUT2D eigenvalue weighted by atomic mass is 10.1. The number of unbranched alkanes of at least 4 members (excludes halogenated alkanes) is 32. The van der Waals surface area contributed by atoms with Crippen LogP contribution in [-0.4, -0.2) is 66.5 Å². The van der Waals surface area contributed by atoms with E-state index in [1.54, 1.807) is 0 Å². The smallest absolute Gasteiger partial charge is 0.462 e. The van der Waals surface area contributed by atoms with Gasteiger partial charge in [-0.25, -0.2) is 4.57 Å². The van der Waals surface area contributed by atoms with E-state index in [1.165, 1.54) is 135 Å². The molecule has 11 nitrogen and oxygen atoms in total. The molecule has 0 amide bonds. The van der Waals surface area contributed by atoms with Crippen LogP contribution in [0.3, 0.4) is 0 Å². The van der Waals surface area contributed by atoms with E-state index in [0.717, 1.165) is 109 Å². The van der Waals surface area contributed by atoms with Gasteiger partial charge in [0.15, 0.2) is 6.10 Å². The lowest BCUT2D eigenvalue weighted by molar-refractivity contribution is -0.161. The van der Waals surface area contributed by atoms with Crippen molar-refractivity contribution in [3.8, 4) is 0 Å². The van der Waals surface area contributed by atoms with Gasteiger partial charge >= 0.3 is 25.7 Å². The summed E-state index contributed by atoms with van der Waals surface area (Å²) in [5.74, 6) is -1.47. The number of carbonyl (C=O) groups is 3. The summed E-state index contributed by atoms with van der Waals surface area (Å²) in [6.45, 7) is 4.53. The van der Waals surface area contributed by atoms with Gasteiger partial charge in [0.25, 0.3) is 0 Å². The molecule has 0 aliphatic rings. The molecular weight excluding hydrogens is 1020 g/mol. The zero-order chi connectivity index (χ0) is 58.3. The van der Waals surface area contributed by atoms with Gasteiger partial charge in [0.2, 0.25) is 0 Å². The largest absolute Gasteiger partial charge is 0.472 e. The Morgan fingerprint density at radius 2 is 0.650 bits per heavy atom. The fourth-order valence-corrected chi connectivity index (χ4v) is 9.89. The predicted octanol–water partition coefficient (Wildman–Crippen LogP) is 20.0. The molecule has 464 valence electrons. The van der Waals surface area contributed by atoms with Gasteiger partial charge in [-0.05, 0) is 109 Å². The van der Waals surface area contributed by atoms with Crippen LogP contribution in [0.15, 0.2) is 72.9 Å². The Hall–Kier alpha value is -3.08. The summed E-state index contributed by atoms with van der Waals surface area (Å²) in [4.78, 5) is 48.8. The number of hydrogen-bond acceptors (Lipinski definition) is 10. The first-order chi connectivity index (χ1) is 39.2. The van der Waals surface area contributed by atoms with Gasteiger partial charge in [0, 0.05) is 19.3 Å². The topological polar surface area (TPSA) is 155 Å². The van der Waals surface area contributed by atoms with Crippen LogP contribution < -0.4 is 0 Å². The molecule has 80 heavy (non-hydrogen) atoms. The third kappa shape index (κ3) is 59.5. The minimum Gasteiger partial charge on any atom is -0.462 e. The molecule has 0 aliphatic heterocycles. The third-order valence-corrected chi connectivity index (χ3v) is 15.0. The molecule has 0 bridgehead atoms. The molecule has 12 heteroatoms. The van der Waals surface area contributed by atoms with Gasteiger partial charge in [-0.3, -0.25) is 23.4 Å². The molecule has 0 aliphatic carbocycles. The number of ether oxygens (including phenoxy) is 3. The van der Waals surface area contributed by atoms with E-state index in [2.05, 4.69) is 93.7 Å². The number of aliphatic hydroxyl groups is 1. The quantitative estimate of drug-likeness (QED) is 0.0197. The molecular formula is C68H121O11P. The molecule has 0 saturated heterocycles. The van der Waals surface area contributed by atoms with Crippen molar-refractivity contribution in [3.63, 3.8) is 0 Å². The van der Waals surface area contributed by atoms with Crippen molar-refractivity contribution < 1.29 is 52.2 Å². The van der Waals surface area contributed by atoms with E-state index < -0.39 is 57.8 Å². The Labute approximate surface area is 490 Å². The van der Waals surface area contributed by atoms with Crippen molar-refractivity contribution in [2.45, 2.75) is 315 Å². The highest BCUT2D eigenvalue weighted by Gasteiger charge is 2.28. The lowest BCUT2D eigenvalue weighted by Gasteiger charge is -2.21. The molecule has 0 heterocycles. The summed E-state index contributed by atoms with van der Waals surface area (Å²) in [6, 6.07) is 0. The molecule has 0 aromatic heterocycles.